The number of nitrogens with one attached hydrogen (secondary N) is 1. The molecule has 1 aliphatic heterocycles. The third-order valence-electron chi connectivity index (χ3n) is 2.14. The SMILES string of the molecule is CNCCCN1CC(C)COC1=O. The molecule has 1 rings (SSSR count). The summed E-state index contributed by atoms with van der Waals surface area (Å²) in [5, 5.41) is 3.05. The molecule has 0 aromatic carbocycles. The highest BCUT2D eigenvalue weighted by molar-refractivity contribution is 5.68. The van der Waals surface area contributed by atoms with Crippen LogP contribution in [0, 0.1) is 5.92 Å². The quantitative estimate of drug-likeness (QED) is 0.657. The van der Waals surface area contributed by atoms with Crippen molar-refractivity contribution in [2.45, 2.75) is 13.3 Å². The Kier molecular flexibility index (Phi) is 4.02. The first kappa shape index (κ1) is 10.3. The molecule has 1 atom stereocenters. The second-order valence-electron chi connectivity index (χ2n) is 3.59. The van der Waals surface area contributed by atoms with E-state index in [0.717, 1.165) is 26.1 Å². The summed E-state index contributed by atoms with van der Waals surface area (Å²) >= 11 is 0. The van der Waals surface area contributed by atoms with Gasteiger partial charge in [-0.15, -0.1) is 0 Å². The lowest BCUT2D eigenvalue weighted by Gasteiger charge is -2.30. The van der Waals surface area contributed by atoms with Crippen molar-refractivity contribution in [1.29, 1.82) is 0 Å². The predicted octanol–water partition coefficient (Wildman–Crippen LogP) is 0.684. The molecular weight excluding hydrogens is 168 g/mol. The topological polar surface area (TPSA) is 41.6 Å². The average molecular weight is 186 g/mol. The molecule has 0 aromatic rings. The van der Waals surface area contributed by atoms with Crippen molar-refractivity contribution in [2.75, 3.05) is 33.3 Å². The van der Waals surface area contributed by atoms with E-state index in [2.05, 4.69) is 12.2 Å². The van der Waals surface area contributed by atoms with Gasteiger partial charge in [0.05, 0.1) is 6.61 Å². The third kappa shape index (κ3) is 3.22. The van der Waals surface area contributed by atoms with E-state index < -0.39 is 0 Å². The van der Waals surface area contributed by atoms with Gasteiger partial charge < -0.3 is 15.0 Å². The summed E-state index contributed by atoms with van der Waals surface area (Å²) in [7, 11) is 1.91. The third-order valence-corrected chi connectivity index (χ3v) is 2.14. The summed E-state index contributed by atoms with van der Waals surface area (Å²) in [6, 6.07) is 0. The Labute approximate surface area is 79.2 Å². The lowest BCUT2D eigenvalue weighted by molar-refractivity contribution is 0.0477. The van der Waals surface area contributed by atoms with Crippen LogP contribution in [0.3, 0.4) is 0 Å². The first-order chi connectivity index (χ1) is 6.24. The first-order valence-electron chi connectivity index (χ1n) is 4.80. The van der Waals surface area contributed by atoms with Gasteiger partial charge >= 0.3 is 6.09 Å². The van der Waals surface area contributed by atoms with Crippen molar-refractivity contribution < 1.29 is 9.53 Å². The van der Waals surface area contributed by atoms with Gasteiger partial charge in [0.15, 0.2) is 0 Å². The van der Waals surface area contributed by atoms with Gasteiger partial charge in [0.25, 0.3) is 0 Å². The van der Waals surface area contributed by atoms with Crippen LogP contribution in [-0.4, -0.2) is 44.3 Å². The number of amides is 1. The molecule has 1 heterocycles. The van der Waals surface area contributed by atoms with Gasteiger partial charge in [-0.2, -0.15) is 0 Å². The number of nitrogens with zero attached hydrogens (tertiary/aromatic N) is 1. The highest BCUT2D eigenvalue weighted by atomic mass is 16.6. The molecule has 4 heteroatoms. The fourth-order valence-electron chi connectivity index (χ4n) is 1.44. The van der Waals surface area contributed by atoms with Crippen molar-refractivity contribution in [3.05, 3.63) is 0 Å². The summed E-state index contributed by atoms with van der Waals surface area (Å²) in [5.74, 6) is 0.465. The largest absolute Gasteiger partial charge is 0.449 e. The molecule has 4 nitrogen and oxygen atoms in total. The van der Waals surface area contributed by atoms with Gasteiger partial charge in [0.1, 0.15) is 0 Å². The van der Waals surface area contributed by atoms with Crippen LogP contribution >= 0.6 is 0 Å². The Morgan fingerprint density at radius 3 is 3.15 bits per heavy atom. The zero-order chi connectivity index (χ0) is 9.68. The van der Waals surface area contributed by atoms with Gasteiger partial charge in [-0.3, -0.25) is 0 Å². The summed E-state index contributed by atoms with van der Waals surface area (Å²) in [6.07, 6.45) is 0.826. The van der Waals surface area contributed by atoms with Crippen LogP contribution in [-0.2, 0) is 4.74 Å². The minimum absolute atomic E-state index is 0.158. The standard InChI is InChI=1S/C9H18N2O2/c1-8-6-11(5-3-4-10-2)9(12)13-7-8/h8,10H,3-7H2,1-2H3. The van der Waals surface area contributed by atoms with E-state index in [1.807, 2.05) is 7.05 Å². The van der Waals surface area contributed by atoms with E-state index in [1.165, 1.54) is 0 Å². The molecule has 0 bridgehead atoms. The lowest BCUT2D eigenvalue weighted by Crippen LogP contribution is -2.43. The van der Waals surface area contributed by atoms with Crippen LogP contribution in [0.5, 0.6) is 0 Å². The molecule has 76 valence electrons. The Morgan fingerprint density at radius 2 is 2.46 bits per heavy atom. The molecule has 1 fully saturated rings. The van der Waals surface area contributed by atoms with Gasteiger partial charge in [0.2, 0.25) is 0 Å². The molecule has 0 saturated carbocycles. The van der Waals surface area contributed by atoms with Crippen molar-refractivity contribution in [1.82, 2.24) is 10.2 Å². The molecule has 0 spiro atoms. The maximum Gasteiger partial charge on any atom is 0.409 e. The van der Waals surface area contributed by atoms with E-state index in [4.69, 9.17) is 4.74 Å². The van der Waals surface area contributed by atoms with Gasteiger partial charge in [0, 0.05) is 19.0 Å². The van der Waals surface area contributed by atoms with Crippen molar-refractivity contribution >= 4 is 6.09 Å². The van der Waals surface area contributed by atoms with Crippen LogP contribution in [0.1, 0.15) is 13.3 Å². The van der Waals surface area contributed by atoms with Crippen LogP contribution in [0.25, 0.3) is 0 Å². The van der Waals surface area contributed by atoms with E-state index in [0.29, 0.717) is 12.5 Å². The number of cyclic esters (lactones) is 1. The molecule has 13 heavy (non-hydrogen) atoms. The Bertz CT molecular complexity index is 173. The summed E-state index contributed by atoms with van der Waals surface area (Å²) in [6.45, 7) is 5.24. The monoisotopic (exact) mass is 186 g/mol. The maximum absolute atomic E-state index is 11.2. The van der Waals surface area contributed by atoms with Crippen molar-refractivity contribution in [3.63, 3.8) is 0 Å². The second-order valence-corrected chi connectivity index (χ2v) is 3.59. The molecule has 1 N–H and O–H groups in total. The van der Waals surface area contributed by atoms with Crippen LogP contribution in [0.4, 0.5) is 4.79 Å². The summed E-state index contributed by atoms with van der Waals surface area (Å²) in [4.78, 5) is 13.0. The van der Waals surface area contributed by atoms with Gasteiger partial charge in [-0.25, -0.2) is 4.79 Å². The number of carbonyl (C=O) groups excluding carboxylic acids is 1. The zero-order valence-electron chi connectivity index (χ0n) is 8.38. The molecule has 0 radical (unpaired) electrons. The predicted molar refractivity (Wildman–Crippen MR) is 50.6 cm³/mol. The van der Waals surface area contributed by atoms with E-state index in [1.54, 1.807) is 4.90 Å². The van der Waals surface area contributed by atoms with Crippen LogP contribution < -0.4 is 5.32 Å². The number of carbonyl (C=O) groups is 1. The van der Waals surface area contributed by atoms with E-state index >= 15 is 0 Å². The fourth-order valence-corrected chi connectivity index (χ4v) is 1.44. The normalized spacial score (nSPS) is 23.1. The summed E-state index contributed by atoms with van der Waals surface area (Å²) in [5.41, 5.74) is 0. The number of rotatable bonds is 4. The molecule has 1 unspecified atom stereocenters. The first-order valence-corrected chi connectivity index (χ1v) is 4.80. The zero-order valence-corrected chi connectivity index (χ0v) is 8.38. The Morgan fingerprint density at radius 1 is 1.69 bits per heavy atom. The van der Waals surface area contributed by atoms with Gasteiger partial charge in [-0.05, 0) is 20.0 Å². The van der Waals surface area contributed by atoms with Crippen LogP contribution in [0.2, 0.25) is 0 Å². The second kappa shape index (κ2) is 5.07. The van der Waals surface area contributed by atoms with E-state index in [-0.39, 0.29) is 6.09 Å². The molecular formula is C9H18N2O2. The summed E-state index contributed by atoms with van der Waals surface area (Å²) < 4.78 is 5.00. The maximum atomic E-state index is 11.2. The number of hydrogen-bond donors (Lipinski definition) is 1. The van der Waals surface area contributed by atoms with Crippen molar-refractivity contribution in [3.8, 4) is 0 Å². The molecule has 1 amide bonds. The van der Waals surface area contributed by atoms with Crippen LogP contribution in [0.15, 0.2) is 0 Å². The minimum Gasteiger partial charge on any atom is -0.449 e. The molecule has 1 aliphatic rings. The molecule has 0 aliphatic carbocycles. The minimum atomic E-state index is -0.158. The van der Waals surface area contributed by atoms with Gasteiger partial charge in [-0.1, -0.05) is 6.92 Å². The highest BCUT2D eigenvalue weighted by Crippen LogP contribution is 2.10. The number of ether oxygens (including phenoxy) is 1. The molecule has 0 aromatic heterocycles. The van der Waals surface area contributed by atoms with E-state index in [9.17, 15) is 4.79 Å². The molecule has 1 saturated heterocycles. The van der Waals surface area contributed by atoms with Crippen molar-refractivity contribution in [2.24, 2.45) is 5.92 Å². The Balaban J connectivity index is 2.25. The number of hydrogen-bond acceptors (Lipinski definition) is 3. The average Bonchev–Trinajstić information content (AvgIpc) is 2.11. The smallest absolute Gasteiger partial charge is 0.409 e. The fraction of sp³-hybridized carbons (Fsp3) is 0.889. The Hall–Kier alpha value is -0.770. The highest BCUT2D eigenvalue weighted by Gasteiger charge is 2.23. The lowest BCUT2D eigenvalue weighted by atomic mass is 10.1.